The second-order valence-electron chi connectivity index (χ2n) is 5.51. The highest BCUT2D eigenvalue weighted by Gasteiger charge is 2.28. The highest BCUT2D eigenvalue weighted by Crippen LogP contribution is 2.24. The van der Waals surface area contributed by atoms with E-state index in [0.717, 1.165) is 26.1 Å². The number of nitrogens with zero attached hydrogens (tertiary/aromatic N) is 2. The number of piperazine rings is 1. The van der Waals surface area contributed by atoms with Crippen molar-refractivity contribution in [2.75, 3.05) is 31.6 Å². The second-order valence-corrected chi connectivity index (χ2v) is 5.51. The van der Waals surface area contributed by atoms with E-state index in [9.17, 15) is 0 Å². The van der Waals surface area contributed by atoms with Crippen molar-refractivity contribution in [2.45, 2.75) is 32.4 Å². The molecule has 100 valence electrons. The Hall–Kier alpha value is -1.06. The van der Waals surface area contributed by atoms with Crippen LogP contribution in [0.2, 0.25) is 0 Å². The van der Waals surface area contributed by atoms with Crippen molar-refractivity contribution >= 4 is 5.69 Å². The maximum atomic E-state index is 5.76. The van der Waals surface area contributed by atoms with Gasteiger partial charge in [-0.3, -0.25) is 4.90 Å². The largest absolute Gasteiger partial charge is 0.366 e. The minimum absolute atomic E-state index is 0.541. The first-order chi connectivity index (χ1) is 8.61. The molecule has 1 saturated heterocycles. The topological polar surface area (TPSA) is 32.5 Å². The summed E-state index contributed by atoms with van der Waals surface area (Å²) < 4.78 is 0. The molecule has 1 aliphatic heterocycles. The van der Waals surface area contributed by atoms with Gasteiger partial charge in [-0.05, 0) is 46.0 Å². The van der Waals surface area contributed by atoms with E-state index >= 15 is 0 Å². The number of hydrogen-bond donors (Lipinski definition) is 1. The van der Waals surface area contributed by atoms with Crippen LogP contribution in [0.15, 0.2) is 24.3 Å². The SMILES string of the molecule is Cc1ccc(N2CC(C)N(C)CC2CCN)cc1. The van der Waals surface area contributed by atoms with Crippen molar-refractivity contribution in [3.05, 3.63) is 29.8 Å². The van der Waals surface area contributed by atoms with Gasteiger partial charge in [0.05, 0.1) is 0 Å². The quantitative estimate of drug-likeness (QED) is 0.885. The minimum atomic E-state index is 0.541. The van der Waals surface area contributed by atoms with Crippen LogP contribution in [-0.2, 0) is 0 Å². The molecule has 3 nitrogen and oxygen atoms in total. The first-order valence-electron chi connectivity index (χ1n) is 6.85. The molecule has 0 aromatic heterocycles. The summed E-state index contributed by atoms with van der Waals surface area (Å²) in [5, 5.41) is 0. The van der Waals surface area contributed by atoms with Crippen LogP contribution in [0.4, 0.5) is 5.69 Å². The van der Waals surface area contributed by atoms with Gasteiger partial charge in [-0.15, -0.1) is 0 Å². The van der Waals surface area contributed by atoms with Crippen LogP contribution >= 0.6 is 0 Å². The molecule has 2 rings (SSSR count). The van der Waals surface area contributed by atoms with Crippen LogP contribution < -0.4 is 10.6 Å². The number of rotatable bonds is 3. The highest BCUT2D eigenvalue weighted by molar-refractivity contribution is 5.49. The third kappa shape index (κ3) is 2.85. The Kier molecular flexibility index (Phi) is 4.25. The van der Waals surface area contributed by atoms with Crippen LogP contribution in [0, 0.1) is 6.92 Å². The third-order valence-corrected chi connectivity index (χ3v) is 4.02. The van der Waals surface area contributed by atoms with E-state index in [1.54, 1.807) is 0 Å². The number of aryl methyl sites for hydroxylation is 1. The van der Waals surface area contributed by atoms with Gasteiger partial charge in [0.25, 0.3) is 0 Å². The lowest BCUT2D eigenvalue weighted by Crippen LogP contribution is -2.56. The van der Waals surface area contributed by atoms with Gasteiger partial charge in [-0.25, -0.2) is 0 Å². The van der Waals surface area contributed by atoms with Crippen LogP contribution in [-0.4, -0.2) is 43.7 Å². The van der Waals surface area contributed by atoms with Crippen molar-refractivity contribution in [3.63, 3.8) is 0 Å². The number of hydrogen-bond acceptors (Lipinski definition) is 3. The summed E-state index contributed by atoms with van der Waals surface area (Å²) in [6.45, 7) is 7.37. The summed E-state index contributed by atoms with van der Waals surface area (Å²) in [7, 11) is 2.21. The molecule has 0 saturated carbocycles. The summed E-state index contributed by atoms with van der Waals surface area (Å²) in [5.41, 5.74) is 8.41. The Morgan fingerprint density at radius 3 is 2.50 bits per heavy atom. The third-order valence-electron chi connectivity index (χ3n) is 4.02. The summed E-state index contributed by atoms with van der Waals surface area (Å²) in [5.74, 6) is 0. The molecule has 1 heterocycles. The molecule has 2 N–H and O–H groups in total. The number of likely N-dealkylation sites (N-methyl/N-ethyl adjacent to an activating group) is 1. The van der Waals surface area contributed by atoms with Gasteiger partial charge in [-0.2, -0.15) is 0 Å². The Bertz CT molecular complexity index is 374. The highest BCUT2D eigenvalue weighted by atomic mass is 15.3. The van der Waals surface area contributed by atoms with Crippen LogP contribution in [0.1, 0.15) is 18.9 Å². The molecule has 1 aliphatic rings. The summed E-state index contributed by atoms with van der Waals surface area (Å²) in [6.07, 6.45) is 1.06. The van der Waals surface area contributed by atoms with E-state index in [2.05, 4.69) is 55.0 Å². The van der Waals surface area contributed by atoms with Crippen LogP contribution in [0.5, 0.6) is 0 Å². The number of nitrogens with two attached hydrogens (primary N) is 1. The van der Waals surface area contributed by atoms with Crippen molar-refractivity contribution < 1.29 is 0 Å². The first kappa shape index (κ1) is 13.4. The van der Waals surface area contributed by atoms with E-state index in [-0.39, 0.29) is 0 Å². The van der Waals surface area contributed by atoms with E-state index in [4.69, 9.17) is 5.73 Å². The zero-order valence-electron chi connectivity index (χ0n) is 11.8. The van der Waals surface area contributed by atoms with Gasteiger partial charge in [0.15, 0.2) is 0 Å². The fraction of sp³-hybridized carbons (Fsp3) is 0.600. The van der Waals surface area contributed by atoms with Gasteiger partial charge in [0.2, 0.25) is 0 Å². The molecule has 0 amide bonds. The maximum absolute atomic E-state index is 5.76. The Balaban J connectivity index is 2.19. The van der Waals surface area contributed by atoms with E-state index in [1.807, 2.05) is 0 Å². The lowest BCUT2D eigenvalue weighted by molar-refractivity contribution is 0.196. The summed E-state index contributed by atoms with van der Waals surface area (Å²) in [6, 6.07) is 9.99. The molecule has 0 aliphatic carbocycles. The van der Waals surface area contributed by atoms with Crippen molar-refractivity contribution in [2.24, 2.45) is 5.73 Å². The normalized spacial score (nSPS) is 25.4. The van der Waals surface area contributed by atoms with E-state index < -0.39 is 0 Å². The molecule has 2 atom stereocenters. The number of benzene rings is 1. The Morgan fingerprint density at radius 1 is 1.22 bits per heavy atom. The second kappa shape index (κ2) is 5.72. The average Bonchev–Trinajstić information content (AvgIpc) is 2.35. The standard InChI is InChI=1S/C15H25N3/c1-12-4-6-14(7-5-12)18-10-13(2)17(3)11-15(18)8-9-16/h4-7,13,15H,8-11,16H2,1-3H3. The molecule has 1 aromatic rings. The summed E-state index contributed by atoms with van der Waals surface area (Å²) >= 11 is 0. The first-order valence-corrected chi connectivity index (χ1v) is 6.85. The van der Waals surface area contributed by atoms with Crippen molar-refractivity contribution in [1.29, 1.82) is 0 Å². The Morgan fingerprint density at radius 2 is 1.89 bits per heavy atom. The fourth-order valence-corrected chi connectivity index (χ4v) is 2.68. The van der Waals surface area contributed by atoms with Gasteiger partial charge >= 0.3 is 0 Å². The van der Waals surface area contributed by atoms with Gasteiger partial charge < -0.3 is 10.6 Å². The zero-order chi connectivity index (χ0) is 13.1. The average molecular weight is 247 g/mol. The van der Waals surface area contributed by atoms with Gasteiger partial charge in [0.1, 0.15) is 0 Å². The molecular weight excluding hydrogens is 222 g/mol. The summed E-state index contributed by atoms with van der Waals surface area (Å²) in [4.78, 5) is 4.96. The minimum Gasteiger partial charge on any atom is -0.366 e. The molecule has 0 spiro atoms. The predicted molar refractivity (Wildman–Crippen MR) is 78.1 cm³/mol. The molecule has 1 aromatic carbocycles. The molecule has 0 radical (unpaired) electrons. The molecule has 1 fully saturated rings. The van der Waals surface area contributed by atoms with E-state index in [0.29, 0.717) is 12.1 Å². The maximum Gasteiger partial charge on any atom is 0.0429 e. The van der Waals surface area contributed by atoms with Gasteiger partial charge in [0, 0.05) is 30.9 Å². The van der Waals surface area contributed by atoms with Crippen molar-refractivity contribution in [3.8, 4) is 0 Å². The fourth-order valence-electron chi connectivity index (χ4n) is 2.68. The predicted octanol–water partition coefficient (Wildman–Crippen LogP) is 1.85. The lowest BCUT2D eigenvalue weighted by Gasteiger charge is -2.45. The molecule has 18 heavy (non-hydrogen) atoms. The zero-order valence-corrected chi connectivity index (χ0v) is 11.8. The van der Waals surface area contributed by atoms with Crippen LogP contribution in [0.25, 0.3) is 0 Å². The smallest absolute Gasteiger partial charge is 0.0429 e. The Labute approximate surface area is 111 Å². The molecular formula is C15H25N3. The van der Waals surface area contributed by atoms with Crippen molar-refractivity contribution in [1.82, 2.24) is 4.90 Å². The lowest BCUT2D eigenvalue weighted by atomic mass is 10.0. The molecule has 3 heteroatoms. The van der Waals surface area contributed by atoms with Crippen LogP contribution in [0.3, 0.4) is 0 Å². The number of anilines is 1. The molecule has 0 bridgehead atoms. The monoisotopic (exact) mass is 247 g/mol. The van der Waals surface area contributed by atoms with Gasteiger partial charge in [-0.1, -0.05) is 17.7 Å². The van der Waals surface area contributed by atoms with E-state index in [1.165, 1.54) is 11.3 Å². The molecule has 2 unspecified atom stereocenters.